The van der Waals surface area contributed by atoms with Crippen molar-refractivity contribution in [2.75, 3.05) is 26.2 Å². The maximum absolute atomic E-state index is 15.9. The number of fused-ring (bicyclic) bond motifs is 1. The van der Waals surface area contributed by atoms with Crippen molar-refractivity contribution >= 4 is 0 Å². The van der Waals surface area contributed by atoms with Gasteiger partial charge < -0.3 is 14.8 Å². The molecule has 6 rings (SSSR count). The molecule has 2 heterocycles. The van der Waals surface area contributed by atoms with Crippen LogP contribution < -0.4 is 14.8 Å². The van der Waals surface area contributed by atoms with Gasteiger partial charge in [-0.25, -0.2) is 13.2 Å². The van der Waals surface area contributed by atoms with Gasteiger partial charge in [-0.2, -0.15) is 0 Å². The quantitative estimate of drug-likeness (QED) is 0.278. The Labute approximate surface area is 261 Å². The number of rotatable bonds is 8. The second-order valence-corrected chi connectivity index (χ2v) is 13.0. The first-order chi connectivity index (χ1) is 21.2. The molecule has 44 heavy (non-hydrogen) atoms. The van der Waals surface area contributed by atoms with E-state index < -0.39 is 23.3 Å². The van der Waals surface area contributed by atoms with Crippen LogP contribution in [0.15, 0.2) is 60.7 Å². The minimum Gasteiger partial charge on any atom is -0.490 e. The standard InChI is InChI=1S/C35H41F3N2O2.C2H6/c1-34(2,38)23-40-16-11-25-17-26(41-22-24-7-4-3-5-8-24)9-10-29(25)33(40)32-30(36)18-27(19-31(32)37)42-28-20-35(21-28)12-6-14-39-15-13-35;1-2/h3-5,7-10,17-19,28,33,39H,6,11-16,20-23H2,1-2H3;1-2H3. The Morgan fingerprint density at radius 3 is 2.36 bits per heavy atom. The minimum absolute atomic E-state index is 0.0266. The Balaban J connectivity index is 0.00000188. The topological polar surface area (TPSA) is 33.7 Å². The lowest BCUT2D eigenvalue weighted by atomic mass is 9.62. The van der Waals surface area contributed by atoms with Crippen LogP contribution in [0.1, 0.15) is 88.1 Å². The molecule has 238 valence electrons. The fourth-order valence-corrected chi connectivity index (χ4v) is 7.15. The monoisotopic (exact) mass is 608 g/mol. The van der Waals surface area contributed by atoms with Crippen LogP contribution in [0.2, 0.25) is 0 Å². The van der Waals surface area contributed by atoms with Crippen molar-refractivity contribution in [2.24, 2.45) is 5.41 Å². The van der Waals surface area contributed by atoms with Gasteiger partial charge >= 0.3 is 0 Å². The third-order valence-electron chi connectivity index (χ3n) is 9.11. The highest BCUT2D eigenvalue weighted by Gasteiger charge is 2.45. The lowest BCUT2D eigenvalue weighted by Gasteiger charge is -2.47. The lowest BCUT2D eigenvalue weighted by Crippen LogP contribution is -2.44. The van der Waals surface area contributed by atoms with Gasteiger partial charge in [-0.3, -0.25) is 4.90 Å². The van der Waals surface area contributed by atoms with Crippen LogP contribution in [0, 0.1) is 17.0 Å². The second kappa shape index (κ2) is 13.9. The first kappa shape index (κ1) is 32.4. The molecule has 2 aliphatic heterocycles. The van der Waals surface area contributed by atoms with Gasteiger partial charge in [0.25, 0.3) is 0 Å². The molecule has 1 atom stereocenters. The molecule has 1 aliphatic carbocycles. The lowest BCUT2D eigenvalue weighted by molar-refractivity contribution is -0.0235. The fraction of sp³-hybridized carbons (Fsp3) is 0.514. The number of alkyl halides is 1. The number of ether oxygens (including phenoxy) is 2. The molecule has 3 aromatic rings. The van der Waals surface area contributed by atoms with Crippen LogP contribution in [0.3, 0.4) is 0 Å². The normalized spacial score (nSPS) is 23.5. The molecule has 0 aromatic heterocycles. The summed E-state index contributed by atoms with van der Waals surface area (Å²) in [7, 11) is 0. The first-order valence-electron chi connectivity index (χ1n) is 16.3. The average molecular weight is 609 g/mol. The predicted molar refractivity (Wildman–Crippen MR) is 170 cm³/mol. The highest BCUT2D eigenvalue weighted by Crippen LogP contribution is 2.50. The Kier molecular flexibility index (Phi) is 10.3. The molecule has 1 unspecified atom stereocenters. The number of halogens is 3. The molecule has 1 spiro atoms. The molecule has 4 nitrogen and oxygen atoms in total. The van der Waals surface area contributed by atoms with Crippen LogP contribution in [-0.4, -0.2) is 42.9 Å². The van der Waals surface area contributed by atoms with Crippen LogP contribution in [0.5, 0.6) is 11.5 Å². The average Bonchev–Trinajstić information content (AvgIpc) is 3.24. The SMILES string of the molecule is CC.CC(C)(F)CN1CCc2cc(OCc3ccccc3)ccc2C1c1c(F)cc(OC2CC3(CCCNCC3)C2)cc1F. The van der Waals surface area contributed by atoms with Crippen molar-refractivity contribution < 1.29 is 22.6 Å². The van der Waals surface area contributed by atoms with Crippen LogP contribution >= 0.6 is 0 Å². The number of hydrogen-bond acceptors (Lipinski definition) is 4. The minimum atomic E-state index is -1.53. The molecular weight excluding hydrogens is 561 g/mol. The van der Waals surface area contributed by atoms with Crippen LogP contribution in [0.25, 0.3) is 0 Å². The van der Waals surface area contributed by atoms with Gasteiger partial charge in [-0.15, -0.1) is 0 Å². The Morgan fingerprint density at radius 2 is 1.66 bits per heavy atom. The molecule has 0 bridgehead atoms. The molecule has 3 aromatic carbocycles. The van der Waals surface area contributed by atoms with Crippen molar-refractivity contribution in [3.05, 3.63) is 94.6 Å². The van der Waals surface area contributed by atoms with E-state index in [0.717, 1.165) is 55.5 Å². The largest absolute Gasteiger partial charge is 0.490 e. The van der Waals surface area contributed by atoms with E-state index in [1.165, 1.54) is 32.4 Å². The van der Waals surface area contributed by atoms with Crippen molar-refractivity contribution in [3.63, 3.8) is 0 Å². The van der Waals surface area contributed by atoms with Crippen molar-refractivity contribution in [1.29, 1.82) is 0 Å². The van der Waals surface area contributed by atoms with E-state index in [2.05, 4.69) is 5.32 Å². The van der Waals surface area contributed by atoms with Gasteiger partial charge in [0.15, 0.2) is 0 Å². The van der Waals surface area contributed by atoms with Crippen LogP contribution in [-0.2, 0) is 13.0 Å². The summed E-state index contributed by atoms with van der Waals surface area (Å²) in [4.78, 5) is 1.85. The molecule has 1 saturated heterocycles. The smallest absolute Gasteiger partial charge is 0.134 e. The van der Waals surface area contributed by atoms with Gasteiger partial charge in [0.05, 0.1) is 12.1 Å². The van der Waals surface area contributed by atoms with E-state index >= 15 is 8.78 Å². The maximum Gasteiger partial charge on any atom is 0.134 e. The summed E-state index contributed by atoms with van der Waals surface area (Å²) in [5.41, 5.74) is 1.48. The summed E-state index contributed by atoms with van der Waals surface area (Å²) in [5.74, 6) is -0.412. The molecule has 3 aliphatic rings. The number of benzene rings is 3. The molecule has 1 saturated carbocycles. The zero-order chi connectivity index (χ0) is 31.3. The maximum atomic E-state index is 15.9. The molecular formula is C37H47F3N2O2. The number of hydrogen-bond donors (Lipinski definition) is 1. The molecule has 7 heteroatoms. The second-order valence-electron chi connectivity index (χ2n) is 13.0. The Hall–Kier alpha value is -3.03. The first-order valence-corrected chi connectivity index (χ1v) is 16.3. The Bertz CT molecular complexity index is 1350. The zero-order valence-corrected chi connectivity index (χ0v) is 26.6. The summed E-state index contributed by atoms with van der Waals surface area (Å²) in [5, 5.41) is 3.45. The highest BCUT2D eigenvalue weighted by atomic mass is 19.1. The van der Waals surface area contributed by atoms with E-state index in [1.807, 2.05) is 67.3 Å². The van der Waals surface area contributed by atoms with Gasteiger partial charge in [0, 0.05) is 30.8 Å². The third kappa shape index (κ3) is 7.60. The summed E-state index contributed by atoms with van der Waals surface area (Å²) >= 11 is 0. The summed E-state index contributed by atoms with van der Waals surface area (Å²) in [6.45, 7) is 10.0. The predicted octanol–water partition coefficient (Wildman–Crippen LogP) is 8.57. The highest BCUT2D eigenvalue weighted by molar-refractivity contribution is 5.46. The van der Waals surface area contributed by atoms with Gasteiger partial charge in [-0.05, 0) is 99.7 Å². The van der Waals surface area contributed by atoms with Gasteiger partial charge in [0.1, 0.15) is 35.4 Å². The summed E-state index contributed by atoms with van der Waals surface area (Å²) in [6, 6.07) is 17.4. The van der Waals surface area contributed by atoms with E-state index in [0.29, 0.717) is 30.7 Å². The zero-order valence-electron chi connectivity index (χ0n) is 26.6. The number of nitrogens with one attached hydrogen (secondary N) is 1. The van der Waals surface area contributed by atoms with Crippen molar-refractivity contribution in [3.8, 4) is 11.5 Å². The molecule has 1 N–H and O–H groups in total. The number of nitrogens with zero attached hydrogens (tertiary/aromatic N) is 1. The van der Waals surface area contributed by atoms with Crippen molar-refractivity contribution in [2.45, 2.75) is 90.6 Å². The van der Waals surface area contributed by atoms with E-state index in [9.17, 15) is 4.39 Å². The van der Waals surface area contributed by atoms with E-state index in [4.69, 9.17) is 9.47 Å². The summed E-state index contributed by atoms with van der Waals surface area (Å²) < 4.78 is 58.8. The van der Waals surface area contributed by atoms with Gasteiger partial charge in [-0.1, -0.05) is 50.2 Å². The van der Waals surface area contributed by atoms with Gasteiger partial charge in [0.2, 0.25) is 0 Å². The molecule has 0 radical (unpaired) electrons. The summed E-state index contributed by atoms with van der Waals surface area (Å²) in [6.07, 6.45) is 5.89. The Morgan fingerprint density at radius 1 is 0.932 bits per heavy atom. The van der Waals surface area contributed by atoms with E-state index in [1.54, 1.807) is 0 Å². The van der Waals surface area contributed by atoms with Crippen LogP contribution in [0.4, 0.5) is 13.2 Å². The molecule has 0 amide bonds. The van der Waals surface area contributed by atoms with E-state index in [-0.39, 0.29) is 24.0 Å². The third-order valence-corrected chi connectivity index (χ3v) is 9.11. The van der Waals surface area contributed by atoms with Crippen molar-refractivity contribution in [1.82, 2.24) is 10.2 Å². The fourth-order valence-electron chi connectivity index (χ4n) is 7.15. The molecule has 2 fully saturated rings.